The van der Waals surface area contributed by atoms with Gasteiger partial charge in [0, 0.05) is 19.5 Å². The summed E-state index contributed by atoms with van der Waals surface area (Å²) in [4.78, 5) is 23.5. The number of carbonyl (C=O) groups excluding carboxylic acids is 2. The summed E-state index contributed by atoms with van der Waals surface area (Å²) in [5.41, 5.74) is 5.01. The molecule has 152 valence electrons. The zero-order valence-electron chi connectivity index (χ0n) is 17.5. The molecule has 0 radical (unpaired) electrons. The normalized spacial score (nSPS) is 15.7. The second-order valence-electron chi connectivity index (χ2n) is 6.80. The van der Waals surface area contributed by atoms with Crippen molar-refractivity contribution in [1.82, 2.24) is 4.90 Å². The molecule has 0 saturated carbocycles. The summed E-state index contributed by atoms with van der Waals surface area (Å²) >= 11 is 0. The van der Waals surface area contributed by atoms with Gasteiger partial charge < -0.3 is 4.90 Å². The van der Waals surface area contributed by atoms with Gasteiger partial charge in [-0.2, -0.15) is 0 Å². The minimum Gasteiger partial charge on any atom is -0.341 e. The summed E-state index contributed by atoms with van der Waals surface area (Å²) in [6, 6.07) is 20.5. The van der Waals surface area contributed by atoms with Crippen LogP contribution in [0.25, 0.3) is 11.1 Å². The zero-order chi connectivity index (χ0) is 20.9. The van der Waals surface area contributed by atoms with Gasteiger partial charge in [0.05, 0.1) is 0 Å². The highest BCUT2D eigenvalue weighted by atomic mass is 16.1. The largest absolute Gasteiger partial charge is 0.341 e. The molecule has 0 spiro atoms. The van der Waals surface area contributed by atoms with E-state index in [1.54, 1.807) is 11.0 Å². The number of ketones is 1. The van der Waals surface area contributed by atoms with Crippen molar-refractivity contribution < 1.29 is 9.59 Å². The van der Waals surface area contributed by atoms with Crippen molar-refractivity contribution in [3.05, 3.63) is 83.9 Å². The van der Waals surface area contributed by atoms with Crippen LogP contribution in [0.3, 0.4) is 0 Å². The topological polar surface area (TPSA) is 37.4 Å². The Labute approximate surface area is 174 Å². The smallest absolute Gasteiger partial charge is 0.209 e. The monoisotopic (exact) mass is 389 g/mol. The minimum absolute atomic E-state index is 0.269. The Morgan fingerprint density at radius 1 is 0.793 bits per heavy atom. The molecule has 1 heterocycles. The molecule has 0 aromatic heterocycles. The van der Waals surface area contributed by atoms with Crippen LogP contribution in [-0.2, 0) is 9.59 Å². The van der Waals surface area contributed by atoms with Gasteiger partial charge in [0.15, 0.2) is 5.78 Å². The van der Waals surface area contributed by atoms with Crippen LogP contribution in [0.1, 0.15) is 50.7 Å². The van der Waals surface area contributed by atoms with Crippen molar-refractivity contribution in [2.75, 3.05) is 13.1 Å². The molecule has 1 aliphatic carbocycles. The molecule has 2 aliphatic rings. The van der Waals surface area contributed by atoms with E-state index < -0.39 is 0 Å². The Hall–Kier alpha value is -2.94. The molecule has 1 amide bonds. The maximum absolute atomic E-state index is 11.2. The Bertz CT molecular complexity index is 822. The molecule has 3 nitrogen and oxygen atoms in total. The van der Waals surface area contributed by atoms with Gasteiger partial charge >= 0.3 is 0 Å². The number of nitrogens with zero attached hydrogens (tertiary/aromatic N) is 1. The summed E-state index contributed by atoms with van der Waals surface area (Å²) < 4.78 is 0. The lowest BCUT2D eigenvalue weighted by Crippen LogP contribution is -2.26. The van der Waals surface area contributed by atoms with Crippen molar-refractivity contribution >= 4 is 23.3 Å². The number of carbonyl (C=O) groups is 2. The number of hydrogen-bond acceptors (Lipinski definition) is 2. The van der Waals surface area contributed by atoms with Crippen molar-refractivity contribution in [2.45, 2.75) is 39.5 Å². The van der Waals surface area contributed by atoms with E-state index >= 15 is 0 Å². The molecular weight excluding hydrogens is 358 g/mol. The van der Waals surface area contributed by atoms with E-state index in [4.69, 9.17) is 0 Å². The molecule has 0 N–H and O–H groups in total. The predicted molar refractivity (Wildman–Crippen MR) is 121 cm³/mol. The molecule has 0 bridgehead atoms. The third-order valence-corrected chi connectivity index (χ3v) is 4.88. The van der Waals surface area contributed by atoms with Gasteiger partial charge in [-0.1, -0.05) is 80.6 Å². The van der Waals surface area contributed by atoms with Gasteiger partial charge in [-0.25, -0.2) is 0 Å². The van der Waals surface area contributed by atoms with Gasteiger partial charge in [-0.15, -0.1) is 0 Å². The van der Waals surface area contributed by atoms with Crippen LogP contribution in [-0.4, -0.2) is 30.2 Å². The lowest BCUT2D eigenvalue weighted by atomic mass is 9.93. The average Bonchev–Trinajstić information content (AvgIpc) is 2.82. The average molecular weight is 390 g/mol. The first kappa shape index (κ1) is 22.4. The third-order valence-electron chi connectivity index (χ3n) is 4.88. The van der Waals surface area contributed by atoms with Crippen molar-refractivity contribution in [3.8, 4) is 0 Å². The number of hydrogen-bond donors (Lipinski definition) is 0. The van der Waals surface area contributed by atoms with E-state index in [1.807, 2.05) is 50.2 Å². The molecule has 0 atom stereocenters. The first-order valence-corrected chi connectivity index (χ1v) is 10.5. The van der Waals surface area contributed by atoms with Gasteiger partial charge in [0.1, 0.15) is 0 Å². The molecule has 3 heteroatoms. The van der Waals surface area contributed by atoms with Crippen LogP contribution in [0, 0.1) is 0 Å². The van der Waals surface area contributed by atoms with Gasteiger partial charge in [0.25, 0.3) is 0 Å². The van der Waals surface area contributed by atoms with Crippen LogP contribution in [0.4, 0.5) is 0 Å². The van der Waals surface area contributed by atoms with E-state index in [0.717, 1.165) is 45.2 Å². The molecule has 0 fully saturated rings. The summed E-state index contributed by atoms with van der Waals surface area (Å²) in [6.07, 6.45) is 8.55. The number of amides is 1. The fraction of sp³-hybridized carbons (Fsp3) is 0.308. The summed E-state index contributed by atoms with van der Waals surface area (Å²) in [6.45, 7) is 5.58. The standard InChI is InChI=1S/C12H13NO.C12H12O.C2H6/c14-10-13-8-6-12(7-9-13)11-4-2-1-3-5-11;13-12-8-4-7-11(9-12)10-5-2-1-3-6-10;1-2/h1-6,10H,7-9H2;1-3,5-6,9H,4,7-8H2;1-2H3. The Morgan fingerprint density at radius 2 is 1.38 bits per heavy atom. The fourth-order valence-electron chi connectivity index (χ4n) is 3.37. The van der Waals surface area contributed by atoms with Gasteiger partial charge in [-0.3, -0.25) is 9.59 Å². The Kier molecular flexibility index (Phi) is 9.64. The highest BCUT2D eigenvalue weighted by Gasteiger charge is 2.11. The summed E-state index contributed by atoms with van der Waals surface area (Å²) in [5.74, 6) is 0.269. The molecule has 2 aromatic rings. The van der Waals surface area contributed by atoms with Crippen LogP contribution in [0.15, 0.2) is 72.8 Å². The van der Waals surface area contributed by atoms with Crippen molar-refractivity contribution in [3.63, 3.8) is 0 Å². The van der Waals surface area contributed by atoms with E-state index in [1.165, 1.54) is 22.3 Å². The van der Waals surface area contributed by atoms with E-state index in [2.05, 4.69) is 30.3 Å². The predicted octanol–water partition coefficient (Wildman–Crippen LogP) is 5.78. The van der Waals surface area contributed by atoms with Gasteiger partial charge in [0.2, 0.25) is 6.41 Å². The lowest BCUT2D eigenvalue weighted by Gasteiger charge is -2.22. The quantitative estimate of drug-likeness (QED) is 0.624. The van der Waals surface area contributed by atoms with Crippen LogP contribution >= 0.6 is 0 Å². The summed E-state index contributed by atoms with van der Waals surface area (Å²) in [5, 5.41) is 0. The van der Waals surface area contributed by atoms with Crippen LogP contribution in [0.5, 0.6) is 0 Å². The molecule has 0 saturated heterocycles. The molecule has 0 unspecified atom stereocenters. The van der Waals surface area contributed by atoms with Crippen molar-refractivity contribution in [2.24, 2.45) is 0 Å². The minimum atomic E-state index is 0.269. The fourth-order valence-corrected chi connectivity index (χ4v) is 3.37. The van der Waals surface area contributed by atoms with Crippen LogP contribution < -0.4 is 0 Å². The second-order valence-corrected chi connectivity index (χ2v) is 6.80. The SMILES string of the molecule is CC.O=C1C=C(c2ccccc2)CCC1.O=CN1CC=C(c2ccccc2)CC1. The Balaban J connectivity index is 0.000000191. The first-order chi connectivity index (χ1) is 14.3. The Morgan fingerprint density at radius 3 is 1.86 bits per heavy atom. The van der Waals surface area contributed by atoms with E-state index in [9.17, 15) is 9.59 Å². The molecule has 1 aliphatic heterocycles. The molecular formula is C26H31NO2. The number of benzene rings is 2. The number of rotatable bonds is 3. The maximum Gasteiger partial charge on any atom is 0.209 e. The van der Waals surface area contributed by atoms with E-state index in [0.29, 0.717) is 0 Å². The molecule has 4 rings (SSSR count). The maximum atomic E-state index is 11.2. The third kappa shape index (κ3) is 7.19. The highest BCUT2D eigenvalue weighted by molar-refractivity contribution is 5.98. The molecule has 2 aromatic carbocycles. The number of allylic oxidation sites excluding steroid dienone is 2. The van der Waals surface area contributed by atoms with Gasteiger partial charge in [-0.05, 0) is 47.6 Å². The first-order valence-electron chi connectivity index (χ1n) is 10.5. The molecule has 29 heavy (non-hydrogen) atoms. The zero-order valence-corrected chi connectivity index (χ0v) is 17.5. The van der Waals surface area contributed by atoms with Crippen molar-refractivity contribution in [1.29, 1.82) is 0 Å². The van der Waals surface area contributed by atoms with E-state index in [-0.39, 0.29) is 5.78 Å². The second kappa shape index (κ2) is 12.5. The summed E-state index contributed by atoms with van der Waals surface area (Å²) in [7, 11) is 0. The highest BCUT2D eigenvalue weighted by Crippen LogP contribution is 2.24. The van der Waals surface area contributed by atoms with Crippen LogP contribution in [0.2, 0.25) is 0 Å². The lowest BCUT2D eigenvalue weighted by molar-refractivity contribution is -0.117.